The second-order valence-corrected chi connectivity index (χ2v) is 11.2. The number of rotatable bonds is 5. The van der Waals surface area contributed by atoms with Crippen molar-refractivity contribution in [3.63, 3.8) is 0 Å². The minimum Gasteiger partial charge on any atom is -0.481 e. The normalized spacial score (nSPS) is 22.3. The second-order valence-electron chi connectivity index (χ2n) is 10.1. The fraction of sp³-hybridized carbons (Fsp3) is 0.679. The van der Waals surface area contributed by atoms with Gasteiger partial charge in [-0.1, -0.05) is 56.1 Å². The van der Waals surface area contributed by atoms with Crippen molar-refractivity contribution in [2.75, 3.05) is 11.9 Å². The van der Waals surface area contributed by atoms with Crippen molar-refractivity contribution in [2.24, 2.45) is 11.8 Å². The minimum atomic E-state index is -0.948. The van der Waals surface area contributed by atoms with E-state index in [2.05, 4.69) is 5.32 Å². The number of nitrogens with one attached hydrogen (secondary N) is 1. The minimum absolute atomic E-state index is 0.268. The topological polar surface area (TPSA) is 92.7 Å². The van der Waals surface area contributed by atoms with E-state index in [-0.39, 0.29) is 12.5 Å². The Hall–Kier alpha value is -2.15. The first-order valence-corrected chi connectivity index (χ1v) is 14.2. The third kappa shape index (κ3) is 7.18. The van der Waals surface area contributed by atoms with Crippen LogP contribution in [0.15, 0.2) is 11.1 Å². The number of esters is 1. The van der Waals surface area contributed by atoms with E-state index in [1.807, 2.05) is 13.8 Å². The highest BCUT2D eigenvalue weighted by molar-refractivity contribution is 7.17. The Balaban J connectivity index is 1.92. The van der Waals surface area contributed by atoms with Gasteiger partial charge in [-0.05, 0) is 64.9 Å². The standard InChI is InChI=1S/C28H41NO5S/c1-4-34-28(33)24-20-14-12-10-8-6-5-7-9-11-13-15-23(20)35-26(24)29-25(30)21-16-18(2)19(3)17-22(21)27(31)32/h21-22H,4-17H2,1-3H3,(H,29,30)(H,31,32)/t21-,22+/m1/s1. The Morgan fingerprint density at radius 1 is 0.886 bits per heavy atom. The number of fused-ring (bicyclic) bond motifs is 1. The molecule has 7 heteroatoms. The number of carboxylic acid groups (broad SMARTS) is 1. The van der Waals surface area contributed by atoms with E-state index in [9.17, 15) is 19.5 Å². The van der Waals surface area contributed by atoms with Gasteiger partial charge in [0.15, 0.2) is 0 Å². The summed E-state index contributed by atoms with van der Waals surface area (Å²) in [5.74, 6) is -3.07. The first-order valence-electron chi connectivity index (χ1n) is 13.3. The Morgan fingerprint density at radius 3 is 2.00 bits per heavy atom. The van der Waals surface area contributed by atoms with Gasteiger partial charge in [0.1, 0.15) is 5.00 Å². The summed E-state index contributed by atoms with van der Waals surface area (Å²) >= 11 is 1.48. The molecule has 0 saturated heterocycles. The lowest BCUT2D eigenvalue weighted by Gasteiger charge is -2.29. The highest BCUT2D eigenvalue weighted by Gasteiger charge is 2.38. The molecule has 35 heavy (non-hydrogen) atoms. The average molecular weight is 504 g/mol. The molecule has 1 aromatic rings. The molecule has 2 aliphatic carbocycles. The molecule has 194 valence electrons. The molecule has 6 nitrogen and oxygen atoms in total. The molecule has 0 aromatic carbocycles. The molecule has 0 bridgehead atoms. The third-order valence-electron chi connectivity index (χ3n) is 7.56. The quantitative estimate of drug-likeness (QED) is 0.336. The van der Waals surface area contributed by atoms with Crippen LogP contribution in [0.1, 0.15) is 112 Å². The highest BCUT2D eigenvalue weighted by Crippen LogP contribution is 2.39. The number of thiophene rings is 1. The molecule has 0 unspecified atom stereocenters. The molecule has 3 rings (SSSR count). The van der Waals surface area contributed by atoms with Gasteiger partial charge in [0.25, 0.3) is 0 Å². The van der Waals surface area contributed by atoms with Gasteiger partial charge in [-0.25, -0.2) is 4.79 Å². The van der Waals surface area contributed by atoms with Crippen molar-refractivity contribution in [1.82, 2.24) is 0 Å². The number of allylic oxidation sites excluding steroid dienone is 2. The molecule has 2 aliphatic rings. The van der Waals surface area contributed by atoms with Crippen molar-refractivity contribution in [3.8, 4) is 0 Å². The van der Waals surface area contributed by atoms with Crippen molar-refractivity contribution in [2.45, 2.75) is 104 Å². The first-order chi connectivity index (χ1) is 16.8. The fourth-order valence-electron chi connectivity index (χ4n) is 5.34. The van der Waals surface area contributed by atoms with Gasteiger partial charge in [0.05, 0.1) is 24.0 Å². The summed E-state index contributed by atoms with van der Waals surface area (Å²) < 4.78 is 5.42. The molecule has 0 aliphatic heterocycles. The van der Waals surface area contributed by atoms with E-state index >= 15 is 0 Å². The summed E-state index contributed by atoms with van der Waals surface area (Å²) in [4.78, 5) is 39.6. The van der Waals surface area contributed by atoms with Crippen LogP contribution in [0.4, 0.5) is 5.00 Å². The molecule has 1 amide bonds. The molecule has 0 radical (unpaired) electrons. The number of ether oxygens (including phenoxy) is 1. The van der Waals surface area contributed by atoms with Gasteiger partial charge >= 0.3 is 11.9 Å². The number of hydrogen-bond donors (Lipinski definition) is 2. The summed E-state index contributed by atoms with van der Waals surface area (Å²) in [5, 5.41) is 13.3. The number of aryl methyl sites for hydroxylation is 1. The van der Waals surface area contributed by atoms with Crippen LogP contribution >= 0.6 is 11.3 Å². The van der Waals surface area contributed by atoms with Gasteiger partial charge in [0, 0.05) is 4.88 Å². The van der Waals surface area contributed by atoms with Crippen LogP contribution in [0, 0.1) is 11.8 Å². The van der Waals surface area contributed by atoms with Crippen molar-refractivity contribution < 1.29 is 24.2 Å². The van der Waals surface area contributed by atoms with Gasteiger partial charge in [0.2, 0.25) is 5.91 Å². The van der Waals surface area contributed by atoms with Crippen LogP contribution in [0.3, 0.4) is 0 Å². The molecule has 2 N–H and O–H groups in total. The maximum atomic E-state index is 13.4. The van der Waals surface area contributed by atoms with Crippen molar-refractivity contribution in [3.05, 3.63) is 27.2 Å². The van der Waals surface area contributed by atoms with Crippen LogP contribution in [-0.4, -0.2) is 29.6 Å². The molecule has 0 saturated carbocycles. The maximum absolute atomic E-state index is 13.4. The van der Waals surface area contributed by atoms with E-state index in [0.717, 1.165) is 53.7 Å². The number of amides is 1. The van der Waals surface area contributed by atoms with E-state index in [4.69, 9.17) is 4.74 Å². The van der Waals surface area contributed by atoms with E-state index in [1.165, 1.54) is 49.9 Å². The molecule has 1 heterocycles. The zero-order valence-corrected chi connectivity index (χ0v) is 22.4. The SMILES string of the molecule is CCOC(=O)c1c(NC(=O)[C@@H]2CC(C)=C(C)C[C@@H]2C(=O)O)sc2c1CCCCCCCCCCC2. The van der Waals surface area contributed by atoms with Crippen LogP contribution in [0.25, 0.3) is 0 Å². The number of hydrogen-bond acceptors (Lipinski definition) is 5. The van der Waals surface area contributed by atoms with Crippen LogP contribution in [-0.2, 0) is 27.2 Å². The second kappa shape index (κ2) is 13.2. The fourth-order valence-corrected chi connectivity index (χ4v) is 6.62. The van der Waals surface area contributed by atoms with Crippen LogP contribution in [0.5, 0.6) is 0 Å². The Kier molecular flexibility index (Phi) is 10.4. The van der Waals surface area contributed by atoms with E-state index < -0.39 is 23.8 Å². The Bertz CT molecular complexity index is 947. The molecule has 0 fully saturated rings. The van der Waals surface area contributed by atoms with E-state index in [0.29, 0.717) is 23.4 Å². The van der Waals surface area contributed by atoms with Crippen LogP contribution < -0.4 is 5.32 Å². The monoisotopic (exact) mass is 503 g/mol. The van der Waals surface area contributed by atoms with Gasteiger partial charge in [-0.2, -0.15) is 0 Å². The zero-order valence-electron chi connectivity index (χ0n) is 21.5. The molecular formula is C28H41NO5S. The summed E-state index contributed by atoms with van der Waals surface area (Å²) in [7, 11) is 0. The molecular weight excluding hydrogens is 462 g/mol. The first kappa shape index (κ1) is 27.4. The predicted octanol–water partition coefficient (Wildman–Crippen LogP) is 6.92. The summed E-state index contributed by atoms with van der Waals surface area (Å²) in [6.07, 6.45) is 13.2. The Labute approximate surface area is 213 Å². The maximum Gasteiger partial charge on any atom is 0.341 e. The van der Waals surface area contributed by atoms with Crippen molar-refractivity contribution in [1.29, 1.82) is 0 Å². The average Bonchev–Trinajstić information content (AvgIpc) is 3.15. The smallest absolute Gasteiger partial charge is 0.341 e. The number of aliphatic carboxylic acids is 1. The summed E-state index contributed by atoms with van der Waals surface area (Å²) in [6.45, 7) is 5.96. The number of carbonyl (C=O) groups excluding carboxylic acids is 2. The Morgan fingerprint density at radius 2 is 1.43 bits per heavy atom. The van der Waals surface area contributed by atoms with E-state index in [1.54, 1.807) is 6.92 Å². The van der Waals surface area contributed by atoms with Crippen LogP contribution in [0.2, 0.25) is 0 Å². The van der Waals surface area contributed by atoms with Gasteiger partial charge in [-0.15, -0.1) is 11.3 Å². The van der Waals surface area contributed by atoms with Gasteiger partial charge in [-0.3, -0.25) is 9.59 Å². The molecule has 1 aromatic heterocycles. The summed E-state index contributed by atoms with van der Waals surface area (Å²) in [5.41, 5.74) is 3.62. The lowest BCUT2D eigenvalue weighted by atomic mass is 9.76. The lowest BCUT2D eigenvalue weighted by molar-refractivity contribution is -0.146. The third-order valence-corrected chi connectivity index (χ3v) is 8.77. The van der Waals surface area contributed by atoms with Gasteiger partial charge < -0.3 is 15.2 Å². The predicted molar refractivity (Wildman–Crippen MR) is 140 cm³/mol. The number of anilines is 1. The lowest BCUT2D eigenvalue weighted by Crippen LogP contribution is -2.36. The highest BCUT2D eigenvalue weighted by atomic mass is 32.1. The molecule has 2 atom stereocenters. The summed E-state index contributed by atoms with van der Waals surface area (Å²) in [6, 6.07) is 0. The molecule has 0 spiro atoms. The zero-order chi connectivity index (χ0) is 25.4. The number of carbonyl (C=O) groups is 3. The largest absolute Gasteiger partial charge is 0.481 e. The number of carboxylic acids is 1. The van der Waals surface area contributed by atoms with Crippen molar-refractivity contribution >= 4 is 34.2 Å².